The van der Waals surface area contributed by atoms with E-state index in [1.165, 1.54) is 0 Å². The Morgan fingerprint density at radius 3 is 2.36 bits per heavy atom. The third-order valence-corrected chi connectivity index (χ3v) is 3.00. The minimum absolute atomic E-state index is 0.0652. The number of alkyl carbamates (subject to hydrolysis) is 1. The molecule has 1 aromatic rings. The Morgan fingerprint density at radius 1 is 1.27 bits per heavy atom. The Bertz CT molecular complexity index is 501. The van der Waals surface area contributed by atoms with E-state index in [9.17, 15) is 9.90 Å². The lowest BCUT2D eigenvalue weighted by molar-refractivity contribution is 0.0528. The van der Waals surface area contributed by atoms with E-state index in [2.05, 4.69) is 5.32 Å². The van der Waals surface area contributed by atoms with Crippen molar-refractivity contribution in [2.75, 3.05) is 6.54 Å². The molecule has 0 saturated heterocycles. The number of rotatable bonds is 5. The SMILES string of the molecule is CC(C)[C@@H](O)/C(=C\c1ccccc1)CNC(=O)OC(C)(C)C. The highest BCUT2D eigenvalue weighted by atomic mass is 16.6. The van der Waals surface area contributed by atoms with Gasteiger partial charge in [-0.1, -0.05) is 50.3 Å². The van der Waals surface area contributed by atoms with Crippen LogP contribution in [0, 0.1) is 5.92 Å². The van der Waals surface area contributed by atoms with Crippen LogP contribution >= 0.6 is 0 Å². The van der Waals surface area contributed by atoms with E-state index in [0.29, 0.717) is 0 Å². The summed E-state index contributed by atoms with van der Waals surface area (Å²) in [5.41, 5.74) is 1.21. The molecule has 1 aromatic carbocycles. The van der Waals surface area contributed by atoms with E-state index in [1.54, 1.807) is 0 Å². The highest BCUT2D eigenvalue weighted by molar-refractivity contribution is 5.68. The summed E-state index contributed by atoms with van der Waals surface area (Å²) in [5, 5.41) is 13.0. The van der Waals surface area contributed by atoms with Gasteiger partial charge in [0.2, 0.25) is 0 Å². The number of aliphatic hydroxyl groups excluding tert-OH is 1. The summed E-state index contributed by atoms with van der Waals surface area (Å²) < 4.78 is 5.22. The normalized spacial score (nSPS) is 13.9. The molecule has 4 heteroatoms. The number of ether oxygens (including phenoxy) is 1. The van der Waals surface area contributed by atoms with Crippen LogP contribution in [0.5, 0.6) is 0 Å². The van der Waals surface area contributed by atoms with Gasteiger partial charge in [-0.3, -0.25) is 0 Å². The minimum Gasteiger partial charge on any atom is -0.444 e. The molecular formula is C18H27NO3. The van der Waals surface area contributed by atoms with Gasteiger partial charge in [-0.2, -0.15) is 0 Å². The summed E-state index contributed by atoms with van der Waals surface area (Å²) in [7, 11) is 0. The van der Waals surface area contributed by atoms with Gasteiger partial charge in [0.1, 0.15) is 5.60 Å². The first-order chi connectivity index (χ1) is 10.2. The molecule has 0 aliphatic carbocycles. The second-order valence-electron chi connectivity index (χ2n) is 6.67. The van der Waals surface area contributed by atoms with Crippen molar-refractivity contribution in [2.24, 2.45) is 5.92 Å². The zero-order valence-electron chi connectivity index (χ0n) is 14.1. The second-order valence-corrected chi connectivity index (χ2v) is 6.67. The van der Waals surface area contributed by atoms with Crippen LogP contribution in [0.4, 0.5) is 4.79 Å². The highest BCUT2D eigenvalue weighted by Crippen LogP contribution is 2.16. The highest BCUT2D eigenvalue weighted by Gasteiger charge is 2.19. The number of carbonyl (C=O) groups excluding carboxylic acids is 1. The molecule has 22 heavy (non-hydrogen) atoms. The Kier molecular flexibility index (Phi) is 6.62. The quantitative estimate of drug-likeness (QED) is 0.873. The maximum Gasteiger partial charge on any atom is 0.407 e. The molecule has 4 nitrogen and oxygen atoms in total. The van der Waals surface area contributed by atoms with Gasteiger partial charge < -0.3 is 15.2 Å². The van der Waals surface area contributed by atoms with Crippen LogP contribution in [0.1, 0.15) is 40.2 Å². The molecule has 1 amide bonds. The Labute approximate surface area is 133 Å². The summed E-state index contributed by atoms with van der Waals surface area (Å²) >= 11 is 0. The molecule has 1 atom stereocenters. The van der Waals surface area contributed by atoms with E-state index >= 15 is 0 Å². The molecule has 122 valence electrons. The van der Waals surface area contributed by atoms with Gasteiger partial charge in [0.05, 0.1) is 6.10 Å². The van der Waals surface area contributed by atoms with Crippen LogP contribution < -0.4 is 5.32 Å². The van der Waals surface area contributed by atoms with Gasteiger partial charge in [0.15, 0.2) is 0 Å². The van der Waals surface area contributed by atoms with Crippen molar-refractivity contribution in [1.29, 1.82) is 0 Å². The predicted molar refractivity (Wildman–Crippen MR) is 89.5 cm³/mol. The zero-order chi connectivity index (χ0) is 16.8. The fourth-order valence-electron chi connectivity index (χ4n) is 1.92. The smallest absolute Gasteiger partial charge is 0.407 e. The number of hydrogen-bond donors (Lipinski definition) is 2. The van der Waals surface area contributed by atoms with Gasteiger partial charge in [0, 0.05) is 6.54 Å². The average molecular weight is 305 g/mol. The molecule has 0 fully saturated rings. The second kappa shape index (κ2) is 7.99. The molecule has 1 rings (SSSR count). The van der Waals surface area contributed by atoms with Crippen LogP contribution in [0.2, 0.25) is 0 Å². The molecule has 0 saturated carbocycles. The standard InChI is InChI=1S/C18H27NO3/c1-13(2)16(20)15(11-14-9-7-6-8-10-14)12-19-17(21)22-18(3,4)5/h6-11,13,16,20H,12H2,1-5H3,(H,19,21)/b15-11-/t16-/m1/s1. The number of aliphatic hydroxyl groups is 1. The Morgan fingerprint density at radius 2 is 1.86 bits per heavy atom. The molecule has 2 N–H and O–H groups in total. The zero-order valence-corrected chi connectivity index (χ0v) is 14.1. The summed E-state index contributed by atoms with van der Waals surface area (Å²) in [6.07, 6.45) is 0.805. The lowest BCUT2D eigenvalue weighted by Crippen LogP contribution is -2.35. The molecule has 0 bridgehead atoms. The monoisotopic (exact) mass is 305 g/mol. The molecule has 0 aliphatic heterocycles. The Balaban J connectivity index is 2.80. The van der Waals surface area contributed by atoms with Crippen molar-refractivity contribution >= 4 is 12.2 Å². The van der Waals surface area contributed by atoms with Gasteiger partial charge in [-0.25, -0.2) is 4.79 Å². The van der Waals surface area contributed by atoms with E-state index < -0.39 is 17.8 Å². The van der Waals surface area contributed by atoms with Crippen LogP contribution in [0.25, 0.3) is 6.08 Å². The van der Waals surface area contributed by atoms with E-state index in [-0.39, 0.29) is 12.5 Å². The van der Waals surface area contributed by atoms with Crippen molar-refractivity contribution in [1.82, 2.24) is 5.32 Å². The van der Waals surface area contributed by atoms with Crippen molar-refractivity contribution in [3.63, 3.8) is 0 Å². The van der Waals surface area contributed by atoms with Crippen molar-refractivity contribution < 1.29 is 14.6 Å². The average Bonchev–Trinajstić information content (AvgIpc) is 2.41. The molecule has 0 heterocycles. The van der Waals surface area contributed by atoms with Crippen molar-refractivity contribution in [2.45, 2.75) is 46.3 Å². The summed E-state index contributed by atoms with van der Waals surface area (Å²) in [4.78, 5) is 11.8. The fourth-order valence-corrected chi connectivity index (χ4v) is 1.92. The first-order valence-corrected chi connectivity index (χ1v) is 7.59. The molecule has 0 spiro atoms. The number of benzene rings is 1. The van der Waals surface area contributed by atoms with Gasteiger partial charge in [0.25, 0.3) is 0 Å². The minimum atomic E-state index is -0.616. The maximum atomic E-state index is 11.8. The summed E-state index contributed by atoms with van der Waals surface area (Å²) in [6, 6.07) is 9.73. The maximum absolute atomic E-state index is 11.8. The van der Waals surface area contributed by atoms with Gasteiger partial charge in [-0.15, -0.1) is 0 Å². The van der Waals surface area contributed by atoms with Crippen LogP contribution in [0.15, 0.2) is 35.9 Å². The third kappa shape index (κ3) is 6.76. The van der Waals surface area contributed by atoms with Gasteiger partial charge in [-0.05, 0) is 37.8 Å². The topological polar surface area (TPSA) is 58.6 Å². The largest absolute Gasteiger partial charge is 0.444 e. The van der Waals surface area contributed by atoms with Crippen LogP contribution in [-0.4, -0.2) is 29.4 Å². The number of amides is 1. The molecule has 0 aromatic heterocycles. The van der Waals surface area contributed by atoms with E-state index in [1.807, 2.05) is 71.0 Å². The van der Waals surface area contributed by atoms with E-state index in [0.717, 1.165) is 11.1 Å². The van der Waals surface area contributed by atoms with E-state index in [4.69, 9.17) is 4.74 Å². The first kappa shape index (κ1) is 18.2. The van der Waals surface area contributed by atoms with Crippen molar-refractivity contribution in [3.05, 3.63) is 41.5 Å². The summed E-state index contributed by atoms with van der Waals surface area (Å²) in [6.45, 7) is 9.58. The molecule has 0 radical (unpaired) electrons. The lowest BCUT2D eigenvalue weighted by atomic mass is 9.97. The third-order valence-electron chi connectivity index (χ3n) is 3.00. The number of carbonyl (C=O) groups is 1. The van der Waals surface area contributed by atoms with Gasteiger partial charge >= 0.3 is 6.09 Å². The molecule has 0 aliphatic rings. The van der Waals surface area contributed by atoms with Crippen LogP contribution in [0.3, 0.4) is 0 Å². The van der Waals surface area contributed by atoms with Crippen LogP contribution in [-0.2, 0) is 4.74 Å². The Hall–Kier alpha value is -1.81. The lowest BCUT2D eigenvalue weighted by Gasteiger charge is -2.22. The molecule has 0 unspecified atom stereocenters. The molecular weight excluding hydrogens is 278 g/mol. The predicted octanol–water partition coefficient (Wildman–Crippen LogP) is 3.61. The number of nitrogens with one attached hydrogen (secondary N) is 1. The van der Waals surface area contributed by atoms with Crippen molar-refractivity contribution in [3.8, 4) is 0 Å². The number of hydrogen-bond acceptors (Lipinski definition) is 3. The first-order valence-electron chi connectivity index (χ1n) is 7.59. The fraction of sp³-hybridized carbons (Fsp3) is 0.500. The summed E-state index contributed by atoms with van der Waals surface area (Å²) in [5.74, 6) is 0.0652.